The SMILES string of the molecule is Cc1ccc([C@@H](C2CCCCC2)N2CCNCC2)c(O)c1F. The van der Waals surface area contributed by atoms with E-state index in [-0.39, 0.29) is 11.8 Å². The fraction of sp³-hybridized carbons (Fsp3) is 0.667. The zero-order valence-corrected chi connectivity index (χ0v) is 13.4. The van der Waals surface area contributed by atoms with Crippen molar-refractivity contribution in [2.45, 2.75) is 45.1 Å². The first kappa shape index (κ1) is 15.8. The van der Waals surface area contributed by atoms with E-state index in [1.165, 1.54) is 32.1 Å². The Kier molecular flexibility index (Phi) is 4.99. The summed E-state index contributed by atoms with van der Waals surface area (Å²) in [5.41, 5.74) is 1.31. The topological polar surface area (TPSA) is 35.5 Å². The number of piperazine rings is 1. The second-order valence-corrected chi connectivity index (χ2v) is 6.76. The summed E-state index contributed by atoms with van der Waals surface area (Å²) in [6.45, 7) is 5.59. The Labute approximate surface area is 132 Å². The molecular formula is C18H27FN2O. The Balaban J connectivity index is 1.94. The van der Waals surface area contributed by atoms with Gasteiger partial charge in [0, 0.05) is 37.8 Å². The van der Waals surface area contributed by atoms with Crippen molar-refractivity contribution in [1.82, 2.24) is 10.2 Å². The number of rotatable bonds is 3. The summed E-state index contributed by atoms with van der Waals surface area (Å²) < 4.78 is 14.2. The number of nitrogens with zero attached hydrogens (tertiary/aromatic N) is 1. The van der Waals surface area contributed by atoms with Crippen LogP contribution < -0.4 is 5.32 Å². The number of phenols is 1. The second kappa shape index (κ2) is 6.97. The van der Waals surface area contributed by atoms with Crippen LogP contribution in [-0.4, -0.2) is 36.2 Å². The molecule has 0 unspecified atom stereocenters. The van der Waals surface area contributed by atoms with Crippen LogP contribution in [0.15, 0.2) is 12.1 Å². The average molecular weight is 306 g/mol. The van der Waals surface area contributed by atoms with Crippen LogP contribution in [0.3, 0.4) is 0 Å². The van der Waals surface area contributed by atoms with Crippen LogP contribution in [0.1, 0.15) is 49.3 Å². The molecule has 2 fully saturated rings. The van der Waals surface area contributed by atoms with E-state index in [2.05, 4.69) is 10.2 Å². The lowest BCUT2D eigenvalue weighted by atomic mass is 9.79. The van der Waals surface area contributed by atoms with Crippen molar-refractivity contribution in [2.24, 2.45) is 5.92 Å². The van der Waals surface area contributed by atoms with Crippen LogP contribution in [0.5, 0.6) is 5.75 Å². The smallest absolute Gasteiger partial charge is 0.168 e. The summed E-state index contributed by atoms with van der Waals surface area (Å²) in [5, 5.41) is 13.8. The predicted octanol–water partition coefficient (Wildman–Crippen LogP) is 3.37. The molecule has 4 heteroatoms. The maximum Gasteiger partial charge on any atom is 0.168 e. The lowest BCUT2D eigenvalue weighted by Crippen LogP contribution is -2.47. The van der Waals surface area contributed by atoms with Crippen LogP contribution in [0.2, 0.25) is 0 Å². The molecule has 1 aromatic carbocycles. The van der Waals surface area contributed by atoms with Crippen molar-refractivity contribution < 1.29 is 9.50 Å². The number of aromatic hydroxyl groups is 1. The first-order valence-corrected chi connectivity index (χ1v) is 8.61. The highest BCUT2D eigenvalue weighted by Crippen LogP contribution is 2.42. The molecule has 0 aromatic heterocycles. The molecule has 0 spiro atoms. The maximum absolute atomic E-state index is 14.2. The van der Waals surface area contributed by atoms with Crippen LogP contribution in [0, 0.1) is 18.7 Å². The second-order valence-electron chi connectivity index (χ2n) is 6.76. The van der Waals surface area contributed by atoms with E-state index in [4.69, 9.17) is 0 Å². The van der Waals surface area contributed by atoms with E-state index in [0.717, 1.165) is 31.7 Å². The highest BCUT2D eigenvalue weighted by atomic mass is 19.1. The van der Waals surface area contributed by atoms with Gasteiger partial charge >= 0.3 is 0 Å². The molecule has 1 saturated carbocycles. The summed E-state index contributed by atoms with van der Waals surface area (Å²) in [6.07, 6.45) is 6.18. The van der Waals surface area contributed by atoms with E-state index >= 15 is 0 Å². The largest absolute Gasteiger partial charge is 0.505 e. The van der Waals surface area contributed by atoms with Crippen LogP contribution in [-0.2, 0) is 0 Å². The van der Waals surface area contributed by atoms with E-state index in [9.17, 15) is 9.50 Å². The minimum atomic E-state index is -0.451. The Morgan fingerprint density at radius 3 is 2.55 bits per heavy atom. The summed E-state index contributed by atoms with van der Waals surface area (Å²) >= 11 is 0. The van der Waals surface area contributed by atoms with Crippen molar-refractivity contribution in [3.63, 3.8) is 0 Å². The molecule has 3 rings (SSSR count). The van der Waals surface area contributed by atoms with Crippen molar-refractivity contribution in [3.05, 3.63) is 29.1 Å². The molecule has 1 aliphatic carbocycles. The van der Waals surface area contributed by atoms with E-state index in [1.54, 1.807) is 6.92 Å². The molecule has 0 radical (unpaired) electrons. The van der Waals surface area contributed by atoms with Crippen LogP contribution in [0.4, 0.5) is 4.39 Å². The summed E-state index contributed by atoms with van der Waals surface area (Å²) in [5.74, 6) is -0.0533. The molecule has 1 aromatic rings. The zero-order chi connectivity index (χ0) is 15.5. The van der Waals surface area contributed by atoms with Crippen molar-refractivity contribution in [1.29, 1.82) is 0 Å². The van der Waals surface area contributed by atoms with E-state index in [0.29, 0.717) is 11.5 Å². The Hall–Kier alpha value is -1.13. The Morgan fingerprint density at radius 2 is 1.86 bits per heavy atom. The Morgan fingerprint density at radius 1 is 1.18 bits per heavy atom. The molecule has 1 atom stereocenters. The maximum atomic E-state index is 14.2. The fourth-order valence-electron chi connectivity index (χ4n) is 4.08. The van der Waals surface area contributed by atoms with Gasteiger partial charge in [-0.15, -0.1) is 0 Å². The third-order valence-electron chi connectivity index (χ3n) is 5.30. The van der Waals surface area contributed by atoms with Gasteiger partial charge in [-0.05, 0) is 31.2 Å². The molecule has 2 aliphatic rings. The van der Waals surface area contributed by atoms with Gasteiger partial charge in [0.05, 0.1) is 0 Å². The highest BCUT2D eigenvalue weighted by Gasteiger charge is 2.33. The molecule has 122 valence electrons. The van der Waals surface area contributed by atoms with Gasteiger partial charge in [0.25, 0.3) is 0 Å². The number of hydrogen-bond acceptors (Lipinski definition) is 3. The van der Waals surface area contributed by atoms with Gasteiger partial charge in [-0.2, -0.15) is 0 Å². The van der Waals surface area contributed by atoms with E-state index < -0.39 is 5.82 Å². The van der Waals surface area contributed by atoms with Gasteiger partial charge in [0.15, 0.2) is 11.6 Å². The standard InChI is InChI=1S/C18H27FN2O/c1-13-7-8-15(18(22)16(13)19)17(14-5-3-2-4-6-14)21-11-9-20-10-12-21/h7-8,14,17,20,22H,2-6,9-12H2,1H3/t17-/m1/s1. The molecule has 1 aliphatic heterocycles. The third-order valence-corrected chi connectivity index (χ3v) is 5.30. The molecule has 0 bridgehead atoms. The van der Waals surface area contributed by atoms with Gasteiger partial charge in [-0.25, -0.2) is 4.39 Å². The molecule has 1 saturated heterocycles. The molecule has 3 nitrogen and oxygen atoms in total. The quantitative estimate of drug-likeness (QED) is 0.899. The lowest BCUT2D eigenvalue weighted by Gasteiger charge is -2.41. The number of phenolic OH excluding ortho intramolecular Hbond substituents is 1. The van der Waals surface area contributed by atoms with Gasteiger partial charge in [-0.1, -0.05) is 31.4 Å². The monoisotopic (exact) mass is 306 g/mol. The number of benzene rings is 1. The summed E-state index contributed by atoms with van der Waals surface area (Å²) in [4.78, 5) is 2.44. The zero-order valence-electron chi connectivity index (χ0n) is 13.4. The van der Waals surface area contributed by atoms with Crippen molar-refractivity contribution in [3.8, 4) is 5.75 Å². The third kappa shape index (κ3) is 3.13. The average Bonchev–Trinajstić information content (AvgIpc) is 2.57. The van der Waals surface area contributed by atoms with Gasteiger partial charge in [0.2, 0.25) is 0 Å². The van der Waals surface area contributed by atoms with Gasteiger partial charge < -0.3 is 10.4 Å². The minimum Gasteiger partial charge on any atom is -0.505 e. The molecular weight excluding hydrogens is 279 g/mol. The normalized spacial score (nSPS) is 22.6. The predicted molar refractivity (Wildman–Crippen MR) is 86.6 cm³/mol. The lowest BCUT2D eigenvalue weighted by molar-refractivity contribution is 0.101. The fourth-order valence-corrected chi connectivity index (χ4v) is 4.08. The summed E-state index contributed by atoms with van der Waals surface area (Å²) in [6, 6.07) is 3.90. The van der Waals surface area contributed by atoms with Gasteiger partial charge in [-0.3, -0.25) is 4.90 Å². The number of hydrogen-bond donors (Lipinski definition) is 2. The molecule has 22 heavy (non-hydrogen) atoms. The van der Waals surface area contributed by atoms with Crippen molar-refractivity contribution >= 4 is 0 Å². The van der Waals surface area contributed by atoms with Crippen molar-refractivity contribution in [2.75, 3.05) is 26.2 Å². The van der Waals surface area contributed by atoms with Gasteiger partial charge in [0.1, 0.15) is 0 Å². The Bertz CT molecular complexity index is 490. The van der Waals surface area contributed by atoms with E-state index in [1.807, 2.05) is 12.1 Å². The van der Waals surface area contributed by atoms with Crippen LogP contribution >= 0.6 is 0 Å². The van der Waals surface area contributed by atoms with Crippen LogP contribution in [0.25, 0.3) is 0 Å². The molecule has 1 heterocycles. The first-order chi connectivity index (χ1) is 10.7. The highest BCUT2D eigenvalue weighted by molar-refractivity contribution is 5.40. The number of nitrogens with one attached hydrogen (secondary N) is 1. The minimum absolute atomic E-state index is 0.130. The number of aryl methyl sites for hydroxylation is 1. The number of halogens is 1. The molecule has 2 N–H and O–H groups in total. The molecule has 0 amide bonds. The summed E-state index contributed by atoms with van der Waals surface area (Å²) in [7, 11) is 0. The first-order valence-electron chi connectivity index (χ1n) is 8.61.